The van der Waals surface area contributed by atoms with E-state index in [0.29, 0.717) is 6.54 Å². The SMILES string of the molecule is CCNC(=NCc1ccccc1CN1CCOCC1)NCCCCN1CCCCC1C. The van der Waals surface area contributed by atoms with Crippen LogP contribution in [-0.4, -0.2) is 74.3 Å². The Kier molecular flexibility index (Phi) is 10.6. The Morgan fingerprint density at radius 3 is 2.65 bits per heavy atom. The summed E-state index contributed by atoms with van der Waals surface area (Å²) in [6, 6.07) is 9.47. The van der Waals surface area contributed by atoms with Crippen molar-refractivity contribution in [3.63, 3.8) is 0 Å². The van der Waals surface area contributed by atoms with E-state index in [4.69, 9.17) is 9.73 Å². The molecule has 1 atom stereocenters. The second-order valence-corrected chi connectivity index (χ2v) is 8.87. The third-order valence-electron chi connectivity index (χ3n) is 6.47. The normalized spacial score (nSPS) is 21.2. The molecule has 2 aliphatic heterocycles. The number of piperidine rings is 1. The standard InChI is InChI=1S/C25H43N5O/c1-3-26-25(27-13-7-9-15-30-14-8-6-10-22(30)2)28-20-23-11-4-5-12-24(23)21-29-16-18-31-19-17-29/h4-5,11-12,22H,3,6-10,13-21H2,1-2H3,(H2,26,27,28). The first-order valence-corrected chi connectivity index (χ1v) is 12.4. The molecule has 1 aromatic carbocycles. The van der Waals surface area contributed by atoms with Crippen molar-refractivity contribution < 1.29 is 4.74 Å². The monoisotopic (exact) mass is 429 g/mol. The fourth-order valence-corrected chi connectivity index (χ4v) is 4.51. The van der Waals surface area contributed by atoms with Crippen LogP contribution < -0.4 is 10.6 Å². The molecule has 31 heavy (non-hydrogen) atoms. The molecular formula is C25H43N5O. The van der Waals surface area contributed by atoms with Crippen LogP contribution in [0.3, 0.4) is 0 Å². The van der Waals surface area contributed by atoms with Crippen LogP contribution in [0.1, 0.15) is 57.1 Å². The smallest absolute Gasteiger partial charge is 0.191 e. The summed E-state index contributed by atoms with van der Waals surface area (Å²) in [6.07, 6.45) is 6.56. The summed E-state index contributed by atoms with van der Waals surface area (Å²) in [5, 5.41) is 6.94. The van der Waals surface area contributed by atoms with E-state index in [2.05, 4.69) is 58.5 Å². The fraction of sp³-hybridized carbons (Fsp3) is 0.720. The number of nitrogens with one attached hydrogen (secondary N) is 2. The Labute approximate surface area is 189 Å². The number of hydrogen-bond donors (Lipinski definition) is 2. The molecule has 2 aliphatic rings. The largest absolute Gasteiger partial charge is 0.379 e. The zero-order valence-electron chi connectivity index (χ0n) is 19.7. The van der Waals surface area contributed by atoms with Crippen molar-refractivity contribution >= 4 is 5.96 Å². The van der Waals surface area contributed by atoms with Crippen LogP contribution in [-0.2, 0) is 17.8 Å². The Balaban J connectivity index is 1.44. The highest BCUT2D eigenvalue weighted by atomic mass is 16.5. The van der Waals surface area contributed by atoms with Crippen molar-refractivity contribution in [2.24, 2.45) is 4.99 Å². The molecule has 0 bridgehead atoms. The Hall–Kier alpha value is -1.63. The lowest BCUT2D eigenvalue weighted by molar-refractivity contribution is 0.0341. The minimum atomic E-state index is 0.709. The highest BCUT2D eigenvalue weighted by molar-refractivity contribution is 5.79. The summed E-state index contributed by atoms with van der Waals surface area (Å²) in [6.45, 7) is 14.3. The first-order chi connectivity index (χ1) is 15.3. The quantitative estimate of drug-likeness (QED) is 0.340. The lowest BCUT2D eigenvalue weighted by Crippen LogP contribution is -2.39. The third-order valence-corrected chi connectivity index (χ3v) is 6.47. The topological polar surface area (TPSA) is 52.1 Å². The molecule has 0 amide bonds. The van der Waals surface area contributed by atoms with E-state index in [-0.39, 0.29) is 0 Å². The van der Waals surface area contributed by atoms with Crippen LogP contribution in [0.4, 0.5) is 0 Å². The number of aliphatic imine (C=N–C) groups is 1. The molecule has 0 aromatic heterocycles. The zero-order chi connectivity index (χ0) is 21.7. The first kappa shape index (κ1) is 24.0. The molecule has 6 heteroatoms. The maximum atomic E-state index is 5.49. The predicted molar refractivity (Wildman–Crippen MR) is 129 cm³/mol. The van der Waals surface area contributed by atoms with Gasteiger partial charge in [0.2, 0.25) is 0 Å². The molecule has 2 N–H and O–H groups in total. The molecule has 3 rings (SSSR count). The molecule has 2 saturated heterocycles. The summed E-state index contributed by atoms with van der Waals surface area (Å²) in [7, 11) is 0. The van der Waals surface area contributed by atoms with Gasteiger partial charge in [-0.15, -0.1) is 0 Å². The second-order valence-electron chi connectivity index (χ2n) is 8.87. The van der Waals surface area contributed by atoms with E-state index in [1.807, 2.05) is 0 Å². The number of hydrogen-bond acceptors (Lipinski definition) is 4. The fourth-order valence-electron chi connectivity index (χ4n) is 4.51. The maximum absolute atomic E-state index is 5.49. The first-order valence-electron chi connectivity index (χ1n) is 12.4. The number of rotatable bonds is 10. The third kappa shape index (κ3) is 8.43. The van der Waals surface area contributed by atoms with Crippen molar-refractivity contribution in [2.45, 2.75) is 65.1 Å². The summed E-state index contributed by atoms with van der Waals surface area (Å²) in [5.41, 5.74) is 2.69. The van der Waals surface area contributed by atoms with Crippen LogP contribution >= 0.6 is 0 Å². The summed E-state index contributed by atoms with van der Waals surface area (Å²) < 4.78 is 5.49. The Bertz CT molecular complexity index is 659. The van der Waals surface area contributed by atoms with Gasteiger partial charge < -0.3 is 20.3 Å². The number of benzene rings is 1. The molecule has 0 radical (unpaired) electrons. The summed E-state index contributed by atoms with van der Waals surface area (Å²) in [5.74, 6) is 0.926. The van der Waals surface area contributed by atoms with Crippen LogP contribution in [0.15, 0.2) is 29.3 Å². The molecule has 2 fully saturated rings. The van der Waals surface area contributed by atoms with E-state index in [0.717, 1.165) is 57.9 Å². The van der Waals surface area contributed by atoms with Crippen molar-refractivity contribution in [2.75, 3.05) is 52.5 Å². The molecular weight excluding hydrogens is 386 g/mol. The average Bonchev–Trinajstić information content (AvgIpc) is 2.80. The van der Waals surface area contributed by atoms with Crippen LogP contribution in [0, 0.1) is 0 Å². The van der Waals surface area contributed by atoms with Crippen LogP contribution in [0.5, 0.6) is 0 Å². The second kappa shape index (κ2) is 13.7. The number of unbranched alkanes of at least 4 members (excludes halogenated alkanes) is 1. The summed E-state index contributed by atoms with van der Waals surface area (Å²) in [4.78, 5) is 10.0. The highest BCUT2D eigenvalue weighted by Crippen LogP contribution is 2.17. The lowest BCUT2D eigenvalue weighted by atomic mass is 10.0. The van der Waals surface area contributed by atoms with Gasteiger partial charge in [-0.05, 0) is 63.7 Å². The zero-order valence-corrected chi connectivity index (χ0v) is 19.7. The Morgan fingerprint density at radius 1 is 1.06 bits per heavy atom. The van der Waals surface area contributed by atoms with Crippen molar-refractivity contribution in [1.82, 2.24) is 20.4 Å². The number of morpholine rings is 1. The maximum Gasteiger partial charge on any atom is 0.191 e. The number of ether oxygens (including phenoxy) is 1. The molecule has 6 nitrogen and oxygen atoms in total. The van der Waals surface area contributed by atoms with Gasteiger partial charge in [0.25, 0.3) is 0 Å². The molecule has 174 valence electrons. The van der Waals surface area contributed by atoms with E-state index in [9.17, 15) is 0 Å². The predicted octanol–water partition coefficient (Wildman–Crippen LogP) is 3.23. The van der Waals surface area contributed by atoms with Crippen molar-refractivity contribution in [1.29, 1.82) is 0 Å². The van der Waals surface area contributed by atoms with Gasteiger partial charge in [0.1, 0.15) is 0 Å². The van der Waals surface area contributed by atoms with E-state index in [1.54, 1.807) is 0 Å². The number of likely N-dealkylation sites (tertiary alicyclic amines) is 1. The lowest BCUT2D eigenvalue weighted by Gasteiger charge is -2.33. The van der Waals surface area contributed by atoms with Gasteiger partial charge >= 0.3 is 0 Å². The average molecular weight is 430 g/mol. The van der Waals surface area contributed by atoms with E-state index >= 15 is 0 Å². The minimum absolute atomic E-state index is 0.709. The molecule has 1 aromatic rings. The summed E-state index contributed by atoms with van der Waals surface area (Å²) >= 11 is 0. The van der Waals surface area contributed by atoms with Gasteiger partial charge in [0.05, 0.1) is 19.8 Å². The van der Waals surface area contributed by atoms with Crippen LogP contribution in [0.25, 0.3) is 0 Å². The van der Waals surface area contributed by atoms with E-state index in [1.165, 1.54) is 56.3 Å². The molecule has 1 unspecified atom stereocenters. The van der Waals surface area contributed by atoms with Crippen LogP contribution in [0.2, 0.25) is 0 Å². The van der Waals surface area contributed by atoms with Gasteiger partial charge in [-0.1, -0.05) is 30.7 Å². The Morgan fingerprint density at radius 2 is 1.87 bits per heavy atom. The van der Waals surface area contributed by atoms with Crippen molar-refractivity contribution in [3.8, 4) is 0 Å². The van der Waals surface area contributed by atoms with E-state index < -0.39 is 0 Å². The number of guanidine groups is 1. The van der Waals surface area contributed by atoms with Gasteiger partial charge in [0, 0.05) is 38.8 Å². The van der Waals surface area contributed by atoms with Gasteiger partial charge in [-0.2, -0.15) is 0 Å². The molecule has 2 heterocycles. The van der Waals surface area contributed by atoms with Gasteiger partial charge in [-0.25, -0.2) is 4.99 Å². The van der Waals surface area contributed by atoms with Gasteiger partial charge in [-0.3, -0.25) is 4.90 Å². The number of nitrogens with zero attached hydrogens (tertiary/aromatic N) is 3. The molecule has 0 spiro atoms. The van der Waals surface area contributed by atoms with Gasteiger partial charge in [0.15, 0.2) is 5.96 Å². The molecule has 0 saturated carbocycles. The highest BCUT2D eigenvalue weighted by Gasteiger charge is 2.17. The molecule has 0 aliphatic carbocycles. The minimum Gasteiger partial charge on any atom is -0.379 e. The van der Waals surface area contributed by atoms with Crippen molar-refractivity contribution in [3.05, 3.63) is 35.4 Å².